The third-order valence-corrected chi connectivity index (χ3v) is 9.70. The van der Waals surface area contributed by atoms with E-state index in [0.717, 1.165) is 62.7 Å². The molecule has 4 aliphatic heterocycles. The second-order valence-electron chi connectivity index (χ2n) is 15.4. The molecule has 1 atom stereocenters. The number of anilines is 3. The largest absolute Gasteiger partial charge is 0.494 e. The Kier molecular flexibility index (Phi) is 12.4. The first-order chi connectivity index (χ1) is 26.2. The molecule has 1 spiro atoms. The summed E-state index contributed by atoms with van der Waals surface area (Å²) in [5.74, 6) is 0.852. The van der Waals surface area contributed by atoms with Gasteiger partial charge in [0.2, 0.25) is 11.9 Å². The second-order valence-corrected chi connectivity index (χ2v) is 15.4. The second kappa shape index (κ2) is 17.2. The van der Waals surface area contributed by atoms with Crippen molar-refractivity contribution in [1.29, 1.82) is 0 Å². The van der Waals surface area contributed by atoms with Crippen molar-refractivity contribution in [3.05, 3.63) is 53.6 Å². The van der Waals surface area contributed by atoms with Gasteiger partial charge in [-0.2, -0.15) is 28.1 Å². The number of hydrogen-bond acceptors (Lipinski definition) is 11. The molecule has 0 saturated carbocycles. The van der Waals surface area contributed by atoms with Crippen LogP contribution >= 0.6 is 0 Å². The molecule has 2 N–H and O–H groups in total. The number of rotatable bonds is 3. The SMILES string of the molecule is CC(C)(C)OC(=O)N1CCC2(CCN(C(=O)c3ccc4cc3OCCCCCCCCOc3ccc(cc3)CNc3nc(nc(OCC(F)(F)F)n3)N4)C2)C1. The van der Waals surface area contributed by atoms with Gasteiger partial charge in [0.1, 0.15) is 17.1 Å². The minimum absolute atomic E-state index is 0.00299. The average molecular weight is 770 g/mol. The predicted octanol–water partition coefficient (Wildman–Crippen LogP) is 7.75. The Morgan fingerprint density at radius 2 is 1.49 bits per heavy atom. The number of amides is 2. The molecule has 1 aromatic heterocycles. The summed E-state index contributed by atoms with van der Waals surface area (Å²) in [5, 5.41) is 6.07. The minimum Gasteiger partial charge on any atom is -0.494 e. The van der Waals surface area contributed by atoms with E-state index in [1.165, 1.54) is 0 Å². The van der Waals surface area contributed by atoms with E-state index in [-0.39, 0.29) is 35.9 Å². The fourth-order valence-corrected chi connectivity index (χ4v) is 6.93. The van der Waals surface area contributed by atoms with E-state index in [4.69, 9.17) is 18.9 Å². The summed E-state index contributed by atoms with van der Waals surface area (Å²) in [5.41, 5.74) is 0.896. The molecule has 16 heteroatoms. The quantitative estimate of drug-likeness (QED) is 0.270. The average Bonchev–Trinajstić information content (AvgIpc) is 3.76. The molecule has 4 aliphatic rings. The van der Waals surface area contributed by atoms with Crippen LogP contribution in [0.2, 0.25) is 0 Å². The Labute approximate surface area is 319 Å². The van der Waals surface area contributed by atoms with Crippen molar-refractivity contribution >= 4 is 29.6 Å². The molecular weight excluding hydrogens is 719 g/mol. The van der Waals surface area contributed by atoms with Crippen LogP contribution in [0, 0.1) is 5.41 Å². The molecule has 298 valence electrons. The lowest BCUT2D eigenvalue weighted by atomic mass is 9.86. The zero-order valence-corrected chi connectivity index (χ0v) is 31.7. The Morgan fingerprint density at radius 1 is 0.836 bits per heavy atom. The lowest BCUT2D eigenvalue weighted by molar-refractivity contribution is -0.154. The summed E-state index contributed by atoms with van der Waals surface area (Å²) >= 11 is 0. The molecule has 2 aromatic carbocycles. The summed E-state index contributed by atoms with van der Waals surface area (Å²) in [6.07, 6.45) is 2.42. The number of ether oxygens (including phenoxy) is 4. The number of carbonyl (C=O) groups excluding carboxylic acids is 2. The molecular formula is C39H50F3N7O6. The van der Waals surface area contributed by atoms with Gasteiger partial charge in [0.15, 0.2) is 6.61 Å². The highest BCUT2D eigenvalue weighted by Gasteiger charge is 2.47. The van der Waals surface area contributed by atoms with Crippen molar-refractivity contribution in [2.24, 2.45) is 5.41 Å². The van der Waals surface area contributed by atoms with Crippen LogP contribution in [0.5, 0.6) is 17.5 Å². The van der Waals surface area contributed by atoms with E-state index in [1.54, 1.807) is 23.1 Å². The summed E-state index contributed by atoms with van der Waals surface area (Å²) < 4.78 is 61.9. The maximum Gasteiger partial charge on any atom is 0.422 e. The minimum atomic E-state index is -4.60. The van der Waals surface area contributed by atoms with E-state index in [2.05, 4.69) is 25.6 Å². The van der Waals surface area contributed by atoms with Crippen LogP contribution in [0.4, 0.5) is 35.5 Å². The Bertz CT molecular complexity index is 1790. The number of nitrogens with one attached hydrogen (secondary N) is 2. The Morgan fingerprint density at radius 3 is 2.20 bits per heavy atom. The van der Waals surface area contributed by atoms with Crippen molar-refractivity contribution in [3.63, 3.8) is 0 Å². The number of aromatic nitrogens is 3. The van der Waals surface area contributed by atoms with Gasteiger partial charge in [-0.15, -0.1) is 0 Å². The monoisotopic (exact) mass is 769 g/mol. The van der Waals surface area contributed by atoms with Crippen LogP contribution in [0.15, 0.2) is 42.5 Å². The van der Waals surface area contributed by atoms with Gasteiger partial charge >= 0.3 is 18.3 Å². The lowest BCUT2D eigenvalue weighted by Crippen LogP contribution is -2.38. The highest BCUT2D eigenvalue weighted by molar-refractivity contribution is 5.97. The molecule has 55 heavy (non-hydrogen) atoms. The van der Waals surface area contributed by atoms with Crippen LogP contribution in [0.3, 0.4) is 0 Å². The third kappa shape index (κ3) is 11.5. The zero-order chi connectivity index (χ0) is 39.1. The van der Waals surface area contributed by atoms with E-state index < -0.39 is 24.4 Å². The summed E-state index contributed by atoms with van der Waals surface area (Å²) in [6.45, 7) is 7.34. The normalized spacial score (nSPS) is 19.9. The number of carbonyl (C=O) groups is 2. The first kappa shape index (κ1) is 39.7. The van der Waals surface area contributed by atoms with Gasteiger partial charge in [-0.25, -0.2) is 4.79 Å². The van der Waals surface area contributed by atoms with Crippen LogP contribution in [-0.2, 0) is 11.3 Å². The molecule has 0 radical (unpaired) electrons. The molecule has 2 amide bonds. The van der Waals surface area contributed by atoms with E-state index >= 15 is 0 Å². The summed E-state index contributed by atoms with van der Waals surface area (Å²) in [4.78, 5) is 43.0. The zero-order valence-electron chi connectivity index (χ0n) is 31.7. The highest BCUT2D eigenvalue weighted by atomic mass is 19.4. The first-order valence-electron chi connectivity index (χ1n) is 18.9. The van der Waals surface area contributed by atoms with Gasteiger partial charge in [0, 0.05) is 49.9 Å². The molecule has 1 unspecified atom stereocenters. The van der Waals surface area contributed by atoms with E-state index in [1.807, 2.05) is 49.9 Å². The van der Waals surface area contributed by atoms with Gasteiger partial charge in [0.05, 0.1) is 18.8 Å². The summed E-state index contributed by atoms with van der Waals surface area (Å²) in [7, 11) is 0. The number of nitrogens with zero attached hydrogens (tertiary/aromatic N) is 5. The fraction of sp³-hybridized carbons (Fsp3) is 0.564. The smallest absolute Gasteiger partial charge is 0.422 e. The standard InChI is InChI=1S/C39H50F3N7O6/c1-37(2,3)55-36(51)49-19-17-38(25-49)16-18-48(24-38)32(50)30-15-12-28-22-31(30)53-21-9-7-5-4-6-8-20-52-29-13-10-27(11-14-29)23-43-33-45-34(44-28)47-35(46-33)54-26-39(40,41)42/h10-15,22H,4-9,16-21,23-26H2,1-3H3,(H2,43,44,45,46,47). The fourth-order valence-electron chi connectivity index (χ4n) is 6.93. The van der Waals surface area contributed by atoms with Crippen LogP contribution in [-0.4, -0.2) is 94.5 Å². The van der Waals surface area contributed by atoms with Gasteiger partial charge in [0.25, 0.3) is 5.91 Å². The number of fused-ring (bicyclic) bond motifs is 12. The van der Waals surface area contributed by atoms with Crippen LogP contribution < -0.4 is 24.8 Å². The number of alkyl halides is 3. The molecule has 3 aromatic rings. The summed E-state index contributed by atoms with van der Waals surface area (Å²) in [6, 6.07) is 12.0. The van der Waals surface area contributed by atoms with Crippen LogP contribution in [0.1, 0.15) is 88.1 Å². The number of benzene rings is 2. The maximum atomic E-state index is 14.1. The van der Waals surface area contributed by atoms with E-state index in [0.29, 0.717) is 56.4 Å². The van der Waals surface area contributed by atoms with Crippen molar-refractivity contribution in [2.75, 3.05) is 56.6 Å². The van der Waals surface area contributed by atoms with Crippen LogP contribution in [0.25, 0.3) is 0 Å². The molecule has 6 bridgehead atoms. The maximum absolute atomic E-state index is 14.1. The molecule has 0 aliphatic carbocycles. The first-order valence-corrected chi connectivity index (χ1v) is 18.9. The Hall–Kier alpha value is -5.02. The van der Waals surface area contributed by atoms with Gasteiger partial charge in [-0.3, -0.25) is 4.79 Å². The Balaban J connectivity index is 1.22. The molecule has 2 fully saturated rings. The number of halogens is 3. The third-order valence-electron chi connectivity index (χ3n) is 9.70. The number of hydrogen-bond donors (Lipinski definition) is 2. The number of likely N-dealkylation sites (tertiary alicyclic amines) is 2. The van der Waals surface area contributed by atoms with Gasteiger partial charge in [-0.1, -0.05) is 37.8 Å². The van der Waals surface area contributed by atoms with Crippen molar-refractivity contribution < 1.29 is 41.7 Å². The molecule has 13 nitrogen and oxygen atoms in total. The predicted molar refractivity (Wildman–Crippen MR) is 199 cm³/mol. The van der Waals surface area contributed by atoms with Gasteiger partial charge < -0.3 is 39.4 Å². The van der Waals surface area contributed by atoms with Gasteiger partial charge in [-0.05, 0) is 76.3 Å². The van der Waals surface area contributed by atoms with E-state index in [9.17, 15) is 22.8 Å². The highest BCUT2D eigenvalue weighted by Crippen LogP contribution is 2.41. The molecule has 7 rings (SSSR count). The molecule has 5 heterocycles. The van der Waals surface area contributed by atoms with Crippen molar-refractivity contribution in [2.45, 2.75) is 90.5 Å². The lowest BCUT2D eigenvalue weighted by Gasteiger charge is -2.27. The van der Waals surface area contributed by atoms with Crippen molar-refractivity contribution in [3.8, 4) is 17.5 Å². The molecule has 2 saturated heterocycles. The topological polar surface area (TPSA) is 140 Å². The van der Waals surface area contributed by atoms with Crippen molar-refractivity contribution in [1.82, 2.24) is 24.8 Å².